The number of carbonyl (C=O) groups is 1. The predicted molar refractivity (Wildman–Crippen MR) is 78.2 cm³/mol. The molecule has 20 heavy (non-hydrogen) atoms. The molecule has 1 aromatic rings. The van der Waals surface area contributed by atoms with Gasteiger partial charge in [-0.15, -0.1) is 0 Å². The van der Waals surface area contributed by atoms with Crippen molar-refractivity contribution in [3.8, 4) is 11.5 Å². The molecule has 0 saturated carbocycles. The van der Waals surface area contributed by atoms with E-state index in [4.69, 9.17) is 9.47 Å². The van der Waals surface area contributed by atoms with Gasteiger partial charge in [0.2, 0.25) is 5.91 Å². The molecule has 0 N–H and O–H groups in total. The normalized spacial score (nSPS) is 17.6. The van der Waals surface area contributed by atoms with E-state index in [0.717, 1.165) is 29.9 Å². The Kier molecular flexibility index (Phi) is 4.53. The van der Waals surface area contributed by atoms with E-state index in [0.29, 0.717) is 13.0 Å². The molecule has 1 atom stereocenters. The van der Waals surface area contributed by atoms with Crippen LogP contribution in [0.3, 0.4) is 0 Å². The quantitative estimate of drug-likeness (QED) is 0.849. The van der Waals surface area contributed by atoms with Gasteiger partial charge < -0.3 is 14.4 Å². The van der Waals surface area contributed by atoms with Crippen molar-refractivity contribution in [3.05, 3.63) is 23.3 Å². The Morgan fingerprint density at radius 3 is 2.40 bits per heavy atom. The molecule has 1 aromatic carbocycles. The van der Waals surface area contributed by atoms with E-state index >= 15 is 0 Å². The van der Waals surface area contributed by atoms with E-state index in [1.54, 1.807) is 14.2 Å². The highest BCUT2D eigenvalue weighted by atomic mass is 16.5. The molecule has 0 spiro atoms. The third-order valence-electron chi connectivity index (χ3n) is 3.88. The molecule has 1 aliphatic heterocycles. The van der Waals surface area contributed by atoms with Crippen molar-refractivity contribution >= 4 is 5.91 Å². The molecule has 1 amide bonds. The van der Waals surface area contributed by atoms with E-state index < -0.39 is 0 Å². The van der Waals surface area contributed by atoms with Gasteiger partial charge in [-0.1, -0.05) is 6.92 Å². The van der Waals surface area contributed by atoms with Gasteiger partial charge in [-0.25, -0.2) is 0 Å². The number of hydrogen-bond acceptors (Lipinski definition) is 3. The summed E-state index contributed by atoms with van der Waals surface area (Å²) in [4.78, 5) is 14.1. The van der Waals surface area contributed by atoms with Crippen molar-refractivity contribution in [2.45, 2.75) is 45.7 Å². The summed E-state index contributed by atoms with van der Waals surface area (Å²) in [5.41, 5.74) is 2.40. The van der Waals surface area contributed by atoms with Crippen LogP contribution in [0.2, 0.25) is 0 Å². The number of fused-ring (bicyclic) bond motifs is 1. The molecule has 1 aliphatic rings. The Labute approximate surface area is 120 Å². The van der Waals surface area contributed by atoms with Crippen LogP contribution < -0.4 is 9.47 Å². The van der Waals surface area contributed by atoms with Crippen molar-refractivity contribution in [1.29, 1.82) is 0 Å². The topological polar surface area (TPSA) is 38.8 Å². The van der Waals surface area contributed by atoms with Crippen molar-refractivity contribution in [3.63, 3.8) is 0 Å². The molecular formula is C16H23NO3. The van der Waals surface area contributed by atoms with E-state index in [1.807, 2.05) is 24.0 Å². The summed E-state index contributed by atoms with van der Waals surface area (Å²) in [6, 6.07) is 4.26. The number of benzene rings is 1. The largest absolute Gasteiger partial charge is 0.493 e. The van der Waals surface area contributed by atoms with Crippen LogP contribution in [0.1, 0.15) is 37.8 Å². The van der Waals surface area contributed by atoms with Crippen molar-refractivity contribution in [2.75, 3.05) is 14.2 Å². The van der Waals surface area contributed by atoms with E-state index in [9.17, 15) is 4.79 Å². The second-order valence-electron chi connectivity index (χ2n) is 5.30. The van der Waals surface area contributed by atoms with Crippen LogP contribution in [0.4, 0.5) is 0 Å². The molecule has 0 saturated heterocycles. The second kappa shape index (κ2) is 6.16. The summed E-state index contributed by atoms with van der Waals surface area (Å²) in [7, 11) is 3.28. The monoisotopic (exact) mass is 277 g/mol. The molecule has 0 bridgehead atoms. The molecule has 1 unspecified atom stereocenters. The third-order valence-corrected chi connectivity index (χ3v) is 3.88. The minimum Gasteiger partial charge on any atom is -0.493 e. The first-order chi connectivity index (χ1) is 9.60. The van der Waals surface area contributed by atoms with Gasteiger partial charge >= 0.3 is 0 Å². The van der Waals surface area contributed by atoms with Gasteiger partial charge in [0, 0.05) is 19.0 Å². The summed E-state index contributed by atoms with van der Waals surface area (Å²) >= 11 is 0. The number of methoxy groups -OCH3 is 2. The summed E-state index contributed by atoms with van der Waals surface area (Å²) in [6.45, 7) is 4.80. The Morgan fingerprint density at radius 2 is 1.85 bits per heavy atom. The zero-order chi connectivity index (χ0) is 14.7. The highest BCUT2D eigenvalue weighted by Gasteiger charge is 2.27. The van der Waals surface area contributed by atoms with Crippen LogP contribution >= 0.6 is 0 Å². The maximum Gasteiger partial charge on any atom is 0.223 e. The van der Waals surface area contributed by atoms with Gasteiger partial charge in [0.15, 0.2) is 11.5 Å². The average molecular weight is 277 g/mol. The first-order valence-electron chi connectivity index (χ1n) is 7.13. The molecule has 0 radical (unpaired) electrons. The molecule has 4 nitrogen and oxygen atoms in total. The minimum absolute atomic E-state index is 0.236. The van der Waals surface area contributed by atoms with Crippen LogP contribution in [-0.4, -0.2) is 31.1 Å². The summed E-state index contributed by atoms with van der Waals surface area (Å²) < 4.78 is 10.7. The van der Waals surface area contributed by atoms with E-state index in [-0.39, 0.29) is 11.9 Å². The van der Waals surface area contributed by atoms with Crippen LogP contribution in [0.15, 0.2) is 12.1 Å². The van der Waals surface area contributed by atoms with E-state index in [2.05, 4.69) is 6.92 Å². The van der Waals surface area contributed by atoms with Gasteiger partial charge in [-0.2, -0.15) is 0 Å². The number of rotatable bonds is 4. The fraction of sp³-hybridized carbons (Fsp3) is 0.562. The van der Waals surface area contributed by atoms with Crippen LogP contribution in [-0.2, 0) is 17.8 Å². The lowest BCUT2D eigenvalue weighted by molar-refractivity contribution is -0.134. The Hall–Kier alpha value is -1.71. The average Bonchev–Trinajstić information content (AvgIpc) is 2.45. The molecule has 0 aliphatic carbocycles. The van der Waals surface area contributed by atoms with Gasteiger partial charge in [0.1, 0.15) is 0 Å². The molecule has 1 heterocycles. The smallest absolute Gasteiger partial charge is 0.223 e. The first-order valence-corrected chi connectivity index (χ1v) is 7.13. The van der Waals surface area contributed by atoms with Crippen molar-refractivity contribution < 1.29 is 14.3 Å². The lowest BCUT2D eigenvalue weighted by Crippen LogP contribution is -2.42. The molecule has 4 heteroatoms. The van der Waals surface area contributed by atoms with Crippen LogP contribution in [0, 0.1) is 0 Å². The van der Waals surface area contributed by atoms with Crippen molar-refractivity contribution in [1.82, 2.24) is 4.90 Å². The van der Waals surface area contributed by atoms with Gasteiger partial charge in [-0.3, -0.25) is 4.79 Å². The maximum absolute atomic E-state index is 12.2. The molecule has 0 fully saturated rings. The standard InChI is InChI=1S/C16H23NO3/c1-5-6-16(18)17-10-13-9-15(20-4)14(19-3)8-12(13)7-11(17)2/h8-9,11H,5-7,10H2,1-4H3. The lowest BCUT2D eigenvalue weighted by Gasteiger charge is -2.35. The highest BCUT2D eigenvalue weighted by Crippen LogP contribution is 2.34. The molecule has 2 rings (SSSR count). The summed E-state index contributed by atoms with van der Waals surface area (Å²) in [5, 5.41) is 0. The van der Waals surface area contributed by atoms with Gasteiger partial charge in [0.25, 0.3) is 0 Å². The van der Waals surface area contributed by atoms with Crippen LogP contribution in [0.5, 0.6) is 11.5 Å². The number of hydrogen-bond donors (Lipinski definition) is 0. The fourth-order valence-corrected chi connectivity index (χ4v) is 2.76. The zero-order valence-electron chi connectivity index (χ0n) is 12.7. The minimum atomic E-state index is 0.236. The van der Waals surface area contributed by atoms with Gasteiger partial charge in [0.05, 0.1) is 14.2 Å². The number of amides is 1. The maximum atomic E-state index is 12.2. The number of carbonyl (C=O) groups excluding carboxylic acids is 1. The summed E-state index contributed by atoms with van der Waals surface area (Å²) in [6.07, 6.45) is 2.37. The molecule has 110 valence electrons. The van der Waals surface area contributed by atoms with Crippen LogP contribution in [0.25, 0.3) is 0 Å². The number of nitrogens with zero attached hydrogens (tertiary/aromatic N) is 1. The van der Waals surface area contributed by atoms with E-state index in [1.165, 1.54) is 5.56 Å². The second-order valence-corrected chi connectivity index (χ2v) is 5.30. The first kappa shape index (κ1) is 14.7. The lowest BCUT2D eigenvalue weighted by atomic mass is 9.93. The fourth-order valence-electron chi connectivity index (χ4n) is 2.76. The van der Waals surface area contributed by atoms with Crippen molar-refractivity contribution in [2.24, 2.45) is 0 Å². The predicted octanol–water partition coefficient (Wildman–Crippen LogP) is 2.78. The third kappa shape index (κ3) is 2.74. The SMILES string of the molecule is CCCC(=O)N1Cc2cc(OC)c(OC)cc2CC1C. The molecular weight excluding hydrogens is 254 g/mol. The molecule has 0 aromatic heterocycles. The zero-order valence-corrected chi connectivity index (χ0v) is 12.7. The van der Waals surface area contributed by atoms with Gasteiger partial charge in [-0.05, 0) is 43.0 Å². The Bertz CT molecular complexity index is 499. The Morgan fingerprint density at radius 1 is 1.25 bits per heavy atom. The summed E-state index contributed by atoms with van der Waals surface area (Å²) in [5.74, 6) is 1.72. The number of ether oxygens (including phenoxy) is 2. The highest BCUT2D eigenvalue weighted by molar-refractivity contribution is 5.77. The Balaban J connectivity index is 2.30.